The summed E-state index contributed by atoms with van der Waals surface area (Å²) in [5, 5.41) is 2.85. The van der Waals surface area contributed by atoms with E-state index in [2.05, 4.69) is 21.2 Å². The highest BCUT2D eigenvalue weighted by Gasteiger charge is 2.21. The van der Waals surface area contributed by atoms with Crippen molar-refractivity contribution in [3.63, 3.8) is 0 Å². The molecule has 1 N–H and O–H groups in total. The lowest BCUT2D eigenvalue weighted by atomic mass is 10.3. The second kappa shape index (κ2) is 5.04. The third-order valence-corrected chi connectivity index (χ3v) is 3.26. The van der Waals surface area contributed by atoms with Crippen molar-refractivity contribution < 1.29 is 4.79 Å². The largest absolute Gasteiger partial charge is 0.354 e. The maximum atomic E-state index is 11.8. The third kappa shape index (κ3) is 3.43. The van der Waals surface area contributed by atoms with Crippen LogP contribution in [0, 0.1) is 12.8 Å². The van der Waals surface area contributed by atoms with Crippen molar-refractivity contribution in [2.75, 3.05) is 6.54 Å². The number of aryl methyl sites for hydroxylation is 1. The molecule has 0 spiro atoms. The number of hydrogen-bond donors (Lipinski definition) is 1. The van der Waals surface area contributed by atoms with E-state index in [0.717, 1.165) is 11.0 Å². The van der Waals surface area contributed by atoms with E-state index in [1.807, 2.05) is 0 Å². The summed E-state index contributed by atoms with van der Waals surface area (Å²) in [6.45, 7) is 2.57. The van der Waals surface area contributed by atoms with Crippen molar-refractivity contribution >= 4 is 21.8 Å². The van der Waals surface area contributed by atoms with Crippen molar-refractivity contribution in [3.05, 3.63) is 32.7 Å². The normalized spacial score (nSPS) is 14.7. The minimum absolute atomic E-state index is 0.0891. The summed E-state index contributed by atoms with van der Waals surface area (Å²) in [7, 11) is 0. The molecule has 1 aliphatic rings. The van der Waals surface area contributed by atoms with Gasteiger partial charge >= 0.3 is 0 Å². The summed E-state index contributed by atoms with van der Waals surface area (Å²) in [5.41, 5.74) is 0.518. The van der Waals surface area contributed by atoms with E-state index in [1.165, 1.54) is 17.4 Å². The molecule has 92 valence electrons. The first-order valence-electron chi connectivity index (χ1n) is 5.69. The van der Waals surface area contributed by atoms with Crippen LogP contribution in [0.25, 0.3) is 0 Å². The molecule has 1 heterocycles. The van der Waals surface area contributed by atoms with Gasteiger partial charge in [-0.2, -0.15) is 0 Å². The quantitative estimate of drug-likeness (QED) is 0.915. The average molecular weight is 299 g/mol. The number of carbonyl (C=O) groups is 1. The Morgan fingerprint density at radius 2 is 2.29 bits per heavy atom. The number of amides is 1. The van der Waals surface area contributed by atoms with Crippen molar-refractivity contribution in [2.24, 2.45) is 5.92 Å². The Labute approximate surface area is 108 Å². The van der Waals surface area contributed by atoms with Gasteiger partial charge in [0.25, 0.3) is 5.56 Å². The molecule has 2 rings (SSSR count). The minimum Gasteiger partial charge on any atom is -0.354 e. The van der Waals surface area contributed by atoms with E-state index in [9.17, 15) is 9.59 Å². The van der Waals surface area contributed by atoms with Gasteiger partial charge in [0.05, 0.1) is 0 Å². The van der Waals surface area contributed by atoms with Crippen LogP contribution < -0.4 is 10.9 Å². The molecule has 0 bridgehead atoms. The number of hydrogen-bond acceptors (Lipinski definition) is 2. The van der Waals surface area contributed by atoms with Gasteiger partial charge < -0.3 is 9.88 Å². The van der Waals surface area contributed by atoms with Crippen LogP contribution >= 0.6 is 15.9 Å². The van der Waals surface area contributed by atoms with E-state index < -0.39 is 0 Å². The van der Waals surface area contributed by atoms with E-state index in [4.69, 9.17) is 0 Å². The van der Waals surface area contributed by atoms with Crippen LogP contribution in [0.1, 0.15) is 18.4 Å². The van der Waals surface area contributed by atoms with Gasteiger partial charge in [0, 0.05) is 22.8 Å². The van der Waals surface area contributed by atoms with Crippen LogP contribution in [-0.2, 0) is 11.3 Å². The van der Waals surface area contributed by atoms with Gasteiger partial charge in [-0.1, -0.05) is 0 Å². The molecule has 4 nitrogen and oxygen atoms in total. The summed E-state index contributed by atoms with van der Waals surface area (Å²) in [6.07, 6.45) is 4.05. The topological polar surface area (TPSA) is 51.1 Å². The van der Waals surface area contributed by atoms with Gasteiger partial charge in [0.2, 0.25) is 5.91 Å². The summed E-state index contributed by atoms with van der Waals surface area (Å²) in [6, 6.07) is 1.75. The predicted octanol–water partition coefficient (Wildman–Crippen LogP) is 1.45. The average Bonchev–Trinajstić information content (AvgIpc) is 3.06. The Morgan fingerprint density at radius 1 is 1.59 bits per heavy atom. The van der Waals surface area contributed by atoms with Gasteiger partial charge in [-0.15, -0.1) is 0 Å². The van der Waals surface area contributed by atoms with Crippen LogP contribution in [0.5, 0.6) is 0 Å². The minimum atomic E-state index is -0.116. The zero-order valence-electron chi connectivity index (χ0n) is 9.70. The second-order valence-electron chi connectivity index (χ2n) is 4.52. The lowest BCUT2D eigenvalue weighted by Gasteiger charge is -2.08. The number of nitrogens with one attached hydrogen (secondary N) is 1. The maximum absolute atomic E-state index is 11.8. The van der Waals surface area contributed by atoms with E-state index in [1.54, 1.807) is 19.2 Å². The van der Waals surface area contributed by atoms with Crippen molar-refractivity contribution in [1.82, 2.24) is 9.88 Å². The number of nitrogens with zero attached hydrogens (tertiary/aromatic N) is 1. The van der Waals surface area contributed by atoms with E-state index in [0.29, 0.717) is 11.5 Å². The van der Waals surface area contributed by atoms with Gasteiger partial charge in [-0.05, 0) is 47.7 Å². The zero-order chi connectivity index (χ0) is 12.4. The van der Waals surface area contributed by atoms with Crippen LogP contribution in [0.4, 0.5) is 0 Å². The molecule has 1 amide bonds. The molecular formula is C12H15BrN2O2. The fraction of sp³-hybridized carbons (Fsp3) is 0.500. The fourth-order valence-electron chi connectivity index (χ4n) is 1.65. The van der Waals surface area contributed by atoms with Crippen LogP contribution in [0.3, 0.4) is 0 Å². The lowest BCUT2D eigenvalue weighted by molar-refractivity contribution is -0.121. The number of rotatable bonds is 4. The number of halogens is 1. The summed E-state index contributed by atoms with van der Waals surface area (Å²) >= 11 is 3.32. The third-order valence-electron chi connectivity index (χ3n) is 2.83. The highest BCUT2D eigenvalue weighted by Crippen LogP contribution is 2.27. The summed E-state index contributed by atoms with van der Waals surface area (Å²) < 4.78 is 2.24. The smallest absolute Gasteiger partial charge is 0.253 e. The Morgan fingerprint density at radius 3 is 2.94 bits per heavy atom. The van der Waals surface area contributed by atoms with Crippen molar-refractivity contribution in [2.45, 2.75) is 26.3 Å². The molecule has 0 radical (unpaired) electrons. The highest BCUT2D eigenvalue weighted by atomic mass is 79.9. The molecule has 17 heavy (non-hydrogen) atoms. The van der Waals surface area contributed by atoms with E-state index >= 15 is 0 Å². The molecule has 1 saturated carbocycles. The van der Waals surface area contributed by atoms with E-state index in [-0.39, 0.29) is 18.0 Å². The molecule has 0 unspecified atom stereocenters. The maximum Gasteiger partial charge on any atom is 0.253 e. The molecule has 1 aromatic heterocycles. The Kier molecular flexibility index (Phi) is 3.66. The molecule has 0 saturated heterocycles. The molecule has 1 aliphatic carbocycles. The molecule has 0 atom stereocenters. The first kappa shape index (κ1) is 12.4. The monoisotopic (exact) mass is 298 g/mol. The van der Waals surface area contributed by atoms with Crippen molar-refractivity contribution in [3.8, 4) is 0 Å². The molecule has 1 fully saturated rings. The summed E-state index contributed by atoms with van der Waals surface area (Å²) in [5.74, 6) is 0.552. The number of pyridine rings is 1. The first-order valence-corrected chi connectivity index (χ1v) is 6.49. The van der Waals surface area contributed by atoms with Gasteiger partial charge in [0.1, 0.15) is 6.54 Å². The first-order chi connectivity index (χ1) is 8.06. The van der Waals surface area contributed by atoms with Gasteiger partial charge in [-0.3, -0.25) is 9.59 Å². The summed E-state index contributed by atoms with van der Waals surface area (Å²) in [4.78, 5) is 23.4. The lowest BCUT2D eigenvalue weighted by Crippen LogP contribution is -2.33. The molecule has 1 aromatic rings. The highest BCUT2D eigenvalue weighted by molar-refractivity contribution is 9.10. The van der Waals surface area contributed by atoms with Gasteiger partial charge in [0.15, 0.2) is 0 Å². The van der Waals surface area contributed by atoms with Crippen molar-refractivity contribution in [1.29, 1.82) is 0 Å². The predicted molar refractivity (Wildman–Crippen MR) is 68.9 cm³/mol. The Balaban J connectivity index is 2.01. The second-order valence-corrected chi connectivity index (χ2v) is 5.44. The number of carbonyl (C=O) groups excluding carboxylic acids is 1. The number of aromatic nitrogens is 1. The molecular weight excluding hydrogens is 284 g/mol. The van der Waals surface area contributed by atoms with Crippen LogP contribution in [0.15, 0.2) is 21.5 Å². The van der Waals surface area contributed by atoms with Crippen LogP contribution in [0.2, 0.25) is 0 Å². The van der Waals surface area contributed by atoms with Crippen LogP contribution in [-0.4, -0.2) is 17.0 Å². The fourth-order valence-corrected chi connectivity index (χ4v) is 2.24. The Bertz CT molecular complexity index is 492. The SMILES string of the molecule is Cc1cc(Br)cn(CC(=O)NCC2CC2)c1=O. The zero-order valence-corrected chi connectivity index (χ0v) is 11.3. The standard InChI is InChI=1S/C12H15BrN2O2/c1-8-4-10(13)6-15(12(8)17)7-11(16)14-5-9-2-3-9/h4,6,9H,2-3,5,7H2,1H3,(H,14,16). The van der Waals surface area contributed by atoms with Gasteiger partial charge in [-0.25, -0.2) is 0 Å². The molecule has 0 aliphatic heterocycles. The molecule has 0 aromatic carbocycles. The molecule has 5 heteroatoms. The Hall–Kier alpha value is -1.10.